The summed E-state index contributed by atoms with van der Waals surface area (Å²) in [6.07, 6.45) is 4.50. The van der Waals surface area contributed by atoms with E-state index in [1.807, 2.05) is 0 Å². The Hall–Kier alpha value is -2.02. The van der Waals surface area contributed by atoms with E-state index in [9.17, 15) is 50.4 Å². The summed E-state index contributed by atoms with van der Waals surface area (Å²) in [5.41, 5.74) is 5.23. The van der Waals surface area contributed by atoms with Gasteiger partial charge >= 0.3 is 66.0 Å². The van der Waals surface area contributed by atoms with Crippen LogP contribution in [0.5, 0.6) is 11.5 Å². The van der Waals surface area contributed by atoms with Crippen LogP contribution in [0.2, 0.25) is 0 Å². The summed E-state index contributed by atoms with van der Waals surface area (Å²) in [5.74, 6) is 2.08. The number of benzene rings is 2. The summed E-state index contributed by atoms with van der Waals surface area (Å²) in [5, 5.41) is 4.83. The van der Waals surface area contributed by atoms with E-state index >= 15 is 0 Å². The van der Waals surface area contributed by atoms with E-state index in [0.29, 0.717) is 0 Å². The van der Waals surface area contributed by atoms with Crippen molar-refractivity contribution in [1.29, 1.82) is 0 Å². The van der Waals surface area contributed by atoms with Gasteiger partial charge in [-0.2, -0.15) is 0 Å². The number of aryl methyl sites for hydroxylation is 2. The first-order chi connectivity index (χ1) is 18.6. The van der Waals surface area contributed by atoms with Crippen LogP contribution in [0.25, 0.3) is 0 Å². The standard InChI is InChI=1S/C24H34N2O2.2F6P/c1-19-7-9-23-21(15-19)17-25-11-3-4-12-26-18-22-16-20(2)8-10-24(22)28-14-6-5-13-27-23;2*1-7(2,3,4,5)6/h7-10,15-16,25-26H,3-6,11-14,17-18H2,1-2H3;;/q;2*-1/p+2. The van der Waals surface area contributed by atoms with Crippen LogP contribution in [0.15, 0.2) is 36.4 Å². The van der Waals surface area contributed by atoms with Gasteiger partial charge in [0, 0.05) is 24.0 Å². The summed E-state index contributed by atoms with van der Waals surface area (Å²) in [6, 6.07) is 13.1. The molecule has 4 N–H and O–H groups in total. The zero-order valence-electron chi connectivity index (χ0n) is 22.9. The predicted molar refractivity (Wildman–Crippen MR) is 140 cm³/mol. The molecular weight excluding hydrogens is 638 g/mol. The Morgan fingerprint density at radius 1 is 0.524 bits per heavy atom. The fraction of sp³-hybridized carbons (Fsp3) is 0.500. The van der Waals surface area contributed by atoms with Gasteiger partial charge in [-0.15, -0.1) is 0 Å². The van der Waals surface area contributed by atoms with Crippen molar-refractivity contribution in [3.05, 3.63) is 58.7 Å². The summed E-state index contributed by atoms with van der Waals surface area (Å²) in [7, 11) is -21.3. The van der Waals surface area contributed by atoms with Crippen molar-refractivity contribution in [3.8, 4) is 11.5 Å². The number of hydrogen-bond donors (Lipinski definition) is 2. The maximum atomic E-state index is 9.87. The third kappa shape index (κ3) is 26.9. The van der Waals surface area contributed by atoms with Crippen LogP contribution in [-0.2, 0) is 13.1 Å². The number of fused-ring (bicyclic) bond motifs is 2. The number of nitrogens with two attached hydrogens (primary N) is 2. The molecule has 0 radical (unpaired) electrons. The van der Waals surface area contributed by atoms with E-state index in [1.54, 1.807) is 0 Å². The Morgan fingerprint density at radius 2 is 0.833 bits per heavy atom. The van der Waals surface area contributed by atoms with Crippen LogP contribution in [0.3, 0.4) is 0 Å². The molecule has 0 spiro atoms. The van der Waals surface area contributed by atoms with E-state index in [0.717, 1.165) is 50.6 Å². The van der Waals surface area contributed by atoms with Crippen molar-refractivity contribution >= 4 is 15.6 Å². The van der Waals surface area contributed by atoms with Crippen molar-refractivity contribution in [3.63, 3.8) is 0 Å². The predicted octanol–water partition coefficient (Wildman–Crippen LogP) is 9.23. The van der Waals surface area contributed by atoms with Crippen LogP contribution >= 0.6 is 15.6 Å². The van der Waals surface area contributed by atoms with E-state index in [1.165, 1.54) is 48.2 Å². The molecule has 2 aromatic carbocycles. The third-order valence-electron chi connectivity index (χ3n) is 5.28. The number of halogens is 12. The normalized spacial score (nSPS) is 19.2. The minimum atomic E-state index is -10.7. The summed E-state index contributed by atoms with van der Waals surface area (Å²) < 4.78 is 131. The van der Waals surface area contributed by atoms with Gasteiger partial charge in [0.2, 0.25) is 0 Å². The van der Waals surface area contributed by atoms with Crippen molar-refractivity contribution in [2.75, 3.05) is 26.3 Å². The minimum absolute atomic E-state index is 0.744. The van der Waals surface area contributed by atoms with E-state index in [-0.39, 0.29) is 0 Å². The van der Waals surface area contributed by atoms with Crippen molar-refractivity contribution in [2.45, 2.75) is 52.6 Å². The molecule has 248 valence electrons. The van der Waals surface area contributed by atoms with Gasteiger partial charge in [0.15, 0.2) is 0 Å². The first-order valence-corrected chi connectivity index (χ1v) is 16.9. The fourth-order valence-electron chi connectivity index (χ4n) is 3.68. The third-order valence-corrected chi connectivity index (χ3v) is 5.28. The topological polar surface area (TPSA) is 51.7 Å². The van der Waals surface area contributed by atoms with Crippen LogP contribution in [-0.4, -0.2) is 26.3 Å². The number of rotatable bonds is 0. The Kier molecular flexibility index (Phi) is 11.7. The summed E-state index contributed by atoms with van der Waals surface area (Å²) in [6.45, 7) is 10.1. The Labute approximate surface area is 235 Å². The van der Waals surface area contributed by atoms with Gasteiger partial charge in [0.05, 0.1) is 26.3 Å². The molecule has 0 amide bonds. The molecule has 0 bridgehead atoms. The first kappa shape index (κ1) is 38.0. The number of ether oxygens (including phenoxy) is 2. The molecule has 0 aliphatic carbocycles. The SMILES string of the molecule is Cc1ccc2c(c1)C[NH2+]CCCC[NH2+]Cc1cc(C)ccc1OCCCCO2.F[P-](F)(F)(F)(F)F.F[P-](F)(F)(F)(F)F. The van der Waals surface area contributed by atoms with E-state index in [4.69, 9.17) is 9.47 Å². The van der Waals surface area contributed by atoms with Crippen molar-refractivity contribution < 1.29 is 70.5 Å². The monoisotopic (exact) mass is 674 g/mol. The number of quaternary nitrogens is 2. The summed E-state index contributed by atoms with van der Waals surface area (Å²) in [4.78, 5) is 0. The van der Waals surface area contributed by atoms with Gasteiger partial charge in [0.25, 0.3) is 0 Å². The molecule has 1 heterocycles. The average molecular weight is 674 g/mol. The van der Waals surface area contributed by atoms with E-state index < -0.39 is 15.6 Å². The fourth-order valence-corrected chi connectivity index (χ4v) is 3.68. The second-order valence-corrected chi connectivity index (χ2v) is 13.6. The van der Waals surface area contributed by atoms with E-state index in [2.05, 4.69) is 60.9 Å². The molecule has 0 saturated heterocycles. The van der Waals surface area contributed by atoms with Crippen molar-refractivity contribution in [1.82, 2.24) is 0 Å². The molecule has 4 nitrogen and oxygen atoms in total. The Bertz CT molecular complexity index is 1050. The Morgan fingerprint density at radius 3 is 1.14 bits per heavy atom. The zero-order valence-corrected chi connectivity index (χ0v) is 24.7. The van der Waals surface area contributed by atoms with Gasteiger partial charge < -0.3 is 20.1 Å². The molecular formula is C24H36F12N2O2P2. The molecule has 18 heteroatoms. The second-order valence-electron chi connectivity index (χ2n) is 9.81. The second kappa shape index (κ2) is 12.9. The van der Waals surface area contributed by atoms with Crippen LogP contribution in [0.4, 0.5) is 50.4 Å². The molecule has 3 rings (SSSR count). The molecule has 0 saturated carbocycles. The molecule has 0 unspecified atom stereocenters. The van der Waals surface area contributed by atoms with Gasteiger partial charge in [-0.3, -0.25) is 0 Å². The molecule has 0 fully saturated rings. The molecule has 1 aliphatic heterocycles. The van der Waals surface area contributed by atoms with Crippen LogP contribution in [0, 0.1) is 13.8 Å². The maximum absolute atomic E-state index is 10.7. The van der Waals surface area contributed by atoms with Crippen LogP contribution in [0.1, 0.15) is 47.9 Å². The van der Waals surface area contributed by atoms with Gasteiger partial charge in [0.1, 0.15) is 24.6 Å². The summed E-state index contributed by atoms with van der Waals surface area (Å²) >= 11 is 0. The zero-order chi connectivity index (χ0) is 32.4. The average Bonchev–Trinajstić information content (AvgIpc) is 2.75. The van der Waals surface area contributed by atoms with Gasteiger partial charge in [-0.1, -0.05) is 23.3 Å². The van der Waals surface area contributed by atoms with Crippen LogP contribution < -0.4 is 20.1 Å². The number of hydrogen-bond acceptors (Lipinski definition) is 2. The molecule has 2 aromatic rings. The molecule has 0 atom stereocenters. The molecule has 1 aliphatic rings. The molecule has 0 aromatic heterocycles. The van der Waals surface area contributed by atoms with Crippen molar-refractivity contribution in [2.24, 2.45) is 0 Å². The molecule has 42 heavy (non-hydrogen) atoms. The quantitative estimate of drug-likeness (QED) is 0.216. The Balaban J connectivity index is 0.000000522. The first-order valence-electron chi connectivity index (χ1n) is 12.8. The van der Waals surface area contributed by atoms with Gasteiger partial charge in [-0.05, 0) is 51.0 Å². The van der Waals surface area contributed by atoms with Gasteiger partial charge in [-0.25, -0.2) is 0 Å².